The highest BCUT2D eigenvalue weighted by molar-refractivity contribution is 7.98. The summed E-state index contributed by atoms with van der Waals surface area (Å²) in [7, 11) is 0. The Balaban J connectivity index is 2.42. The third kappa shape index (κ3) is 2.07. The van der Waals surface area contributed by atoms with Crippen LogP contribution in [0.3, 0.4) is 0 Å². The van der Waals surface area contributed by atoms with Gasteiger partial charge in [-0.15, -0.1) is 22.0 Å². The van der Waals surface area contributed by atoms with Gasteiger partial charge in [0.15, 0.2) is 5.82 Å². The van der Waals surface area contributed by atoms with E-state index in [4.69, 9.17) is 5.73 Å². The molecule has 0 aliphatic rings. The molecule has 76 valence electrons. The Morgan fingerprint density at radius 1 is 1.20 bits per heavy atom. The molecule has 0 aliphatic carbocycles. The van der Waals surface area contributed by atoms with Crippen LogP contribution in [0.1, 0.15) is 0 Å². The first-order valence-corrected chi connectivity index (χ1v) is 5.61. The molecule has 0 saturated heterocycles. The first kappa shape index (κ1) is 9.92. The van der Waals surface area contributed by atoms with Gasteiger partial charge in [0.1, 0.15) is 12.0 Å². The Morgan fingerprint density at radius 2 is 1.93 bits per heavy atom. The van der Waals surface area contributed by atoms with Gasteiger partial charge in [-0.2, -0.15) is 0 Å². The molecule has 0 saturated carbocycles. The van der Waals surface area contributed by atoms with Crippen LogP contribution in [-0.4, -0.2) is 21.4 Å². The minimum atomic E-state index is 0.405. The summed E-state index contributed by atoms with van der Waals surface area (Å²) in [6.45, 7) is 0. The fraction of sp³-hybridized carbons (Fsp3) is 0.100. The summed E-state index contributed by atoms with van der Waals surface area (Å²) in [6, 6.07) is 7.98. The van der Waals surface area contributed by atoms with E-state index in [1.165, 1.54) is 11.2 Å². The van der Waals surface area contributed by atoms with Gasteiger partial charge in [-0.25, -0.2) is 4.98 Å². The normalized spacial score (nSPS) is 10.2. The van der Waals surface area contributed by atoms with Gasteiger partial charge < -0.3 is 5.73 Å². The van der Waals surface area contributed by atoms with Crippen molar-refractivity contribution in [3.05, 3.63) is 30.6 Å². The maximum Gasteiger partial charge on any atom is 0.153 e. The number of nitrogen functional groups attached to an aromatic ring is 1. The van der Waals surface area contributed by atoms with Crippen molar-refractivity contribution in [3.8, 4) is 11.3 Å². The van der Waals surface area contributed by atoms with E-state index in [2.05, 4.69) is 15.2 Å². The lowest BCUT2D eigenvalue weighted by atomic mass is 10.1. The molecule has 4 nitrogen and oxygen atoms in total. The second-order valence-electron chi connectivity index (χ2n) is 2.92. The number of hydrogen-bond donors (Lipinski definition) is 1. The molecule has 0 radical (unpaired) electrons. The molecule has 2 aromatic rings. The van der Waals surface area contributed by atoms with E-state index in [-0.39, 0.29) is 0 Å². The molecule has 2 N–H and O–H groups in total. The van der Waals surface area contributed by atoms with Gasteiger partial charge in [0, 0.05) is 10.5 Å². The number of aromatic nitrogens is 3. The first-order chi connectivity index (χ1) is 7.31. The van der Waals surface area contributed by atoms with Crippen LogP contribution in [0.25, 0.3) is 11.3 Å². The predicted octanol–water partition coefficient (Wildman–Crippen LogP) is 1.84. The largest absolute Gasteiger partial charge is 0.382 e. The van der Waals surface area contributed by atoms with Crippen molar-refractivity contribution in [2.75, 3.05) is 12.0 Å². The minimum absolute atomic E-state index is 0.405. The molecular formula is C10H10N4S. The lowest BCUT2D eigenvalue weighted by Gasteiger charge is -2.02. The molecule has 2 rings (SSSR count). The van der Waals surface area contributed by atoms with Crippen molar-refractivity contribution in [2.45, 2.75) is 4.90 Å². The number of nitrogens with zero attached hydrogens (tertiary/aromatic N) is 3. The molecular weight excluding hydrogens is 208 g/mol. The molecule has 1 aromatic heterocycles. The summed E-state index contributed by atoms with van der Waals surface area (Å²) >= 11 is 1.69. The number of thioether (sulfide) groups is 1. The Bertz CT molecular complexity index is 455. The van der Waals surface area contributed by atoms with E-state index in [0.717, 1.165) is 5.56 Å². The Kier molecular flexibility index (Phi) is 2.82. The van der Waals surface area contributed by atoms with Crippen LogP contribution in [0.2, 0.25) is 0 Å². The zero-order valence-corrected chi connectivity index (χ0v) is 9.03. The van der Waals surface area contributed by atoms with Crippen LogP contribution in [0.15, 0.2) is 35.5 Å². The lowest BCUT2D eigenvalue weighted by Crippen LogP contribution is -1.98. The van der Waals surface area contributed by atoms with Gasteiger partial charge in [0.2, 0.25) is 0 Å². The Labute approximate surface area is 91.9 Å². The lowest BCUT2D eigenvalue weighted by molar-refractivity contribution is 0.983. The fourth-order valence-electron chi connectivity index (χ4n) is 1.24. The monoisotopic (exact) mass is 218 g/mol. The maximum absolute atomic E-state index is 5.70. The molecule has 0 atom stereocenters. The van der Waals surface area contributed by atoms with Gasteiger partial charge in [-0.3, -0.25) is 0 Å². The SMILES string of the molecule is CSc1ccc(-c2nncnc2N)cc1. The summed E-state index contributed by atoms with van der Waals surface area (Å²) in [5, 5.41) is 7.68. The van der Waals surface area contributed by atoms with Crippen molar-refractivity contribution in [1.29, 1.82) is 0 Å². The van der Waals surface area contributed by atoms with Crippen LogP contribution in [-0.2, 0) is 0 Å². The third-order valence-electron chi connectivity index (χ3n) is 2.01. The first-order valence-electron chi connectivity index (χ1n) is 4.39. The number of benzene rings is 1. The van der Waals surface area contributed by atoms with E-state index >= 15 is 0 Å². The minimum Gasteiger partial charge on any atom is -0.382 e. The smallest absolute Gasteiger partial charge is 0.153 e. The predicted molar refractivity (Wildman–Crippen MR) is 61.5 cm³/mol. The van der Waals surface area contributed by atoms with E-state index in [1.807, 2.05) is 30.5 Å². The van der Waals surface area contributed by atoms with E-state index in [0.29, 0.717) is 11.5 Å². The molecule has 0 spiro atoms. The Morgan fingerprint density at radius 3 is 2.53 bits per heavy atom. The molecule has 0 amide bonds. The van der Waals surface area contributed by atoms with Crippen LogP contribution >= 0.6 is 11.8 Å². The summed E-state index contributed by atoms with van der Waals surface area (Å²) < 4.78 is 0. The van der Waals surface area contributed by atoms with Gasteiger partial charge in [0.25, 0.3) is 0 Å². The van der Waals surface area contributed by atoms with E-state index in [9.17, 15) is 0 Å². The van der Waals surface area contributed by atoms with Crippen LogP contribution in [0.4, 0.5) is 5.82 Å². The molecule has 1 heterocycles. The average Bonchev–Trinajstić information content (AvgIpc) is 2.30. The number of hydrogen-bond acceptors (Lipinski definition) is 5. The highest BCUT2D eigenvalue weighted by Crippen LogP contribution is 2.23. The van der Waals surface area contributed by atoms with Crippen LogP contribution < -0.4 is 5.73 Å². The van der Waals surface area contributed by atoms with Gasteiger partial charge in [0.05, 0.1) is 0 Å². The molecule has 15 heavy (non-hydrogen) atoms. The van der Waals surface area contributed by atoms with E-state index in [1.54, 1.807) is 11.8 Å². The highest BCUT2D eigenvalue weighted by Gasteiger charge is 2.04. The summed E-state index contributed by atoms with van der Waals surface area (Å²) in [4.78, 5) is 5.10. The van der Waals surface area contributed by atoms with Crippen molar-refractivity contribution in [2.24, 2.45) is 0 Å². The number of anilines is 1. The second kappa shape index (κ2) is 4.27. The highest BCUT2D eigenvalue weighted by atomic mass is 32.2. The van der Waals surface area contributed by atoms with Crippen molar-refractivity contribution >= 4 is 17.6 Å². The van der Waals surface area contributed by atoms with E-state index < -0.39 is 0 Å². The zero-order chi connectivity index (χ0) is 10.7. The summed E-state index contributed by atoms with van der Waals surface area (Å²) in [5.74, 6) is 0.405. The van der Waals surface area contributed by atoms with Gasteiger partial charge in [-0.1, -0.05) is 12.1 Å². The molecule has 0 aliphatic heterocycles. The zero-order valence-electron chi connectivity index (χ0n) is 8.21. The van der Waals surface area contributed by atoms with Crippen LogP contribution in [0.5, 0.6) is 0 Å². The van der Waals surface area contributed by atoms with Gasteiger partial charge in [-0.05, 0) is 18.4 Å². The van der Waals surface area contributed by atoms with Crippen LogP contribution in [0, 0.1) is 0 Å². The topological polar surface area (TPSA) is 64.7 Å². The molecule has 0 fully saturated rings. The summed E-state index contributed by atoms with van der Waals surface area (Å²) in [5.41, 5.74) is 7.27. The number of rotatable bonds is 2. The van der Waals surface area contributed by atoms with Crippen molar-refractivity contribution < 1.29 is 0 Å². The molecule has 0 bridgehead atoms. The van der Waals surface area contributed by atoms with Gasteiger partial charge >= 0.3 is 0 Å². The Hall–Kier alpha value is -1.62. The average molecular weight is 218 g/mol. The molecule has 1 aromatic carbocycles. The second-order valence-corrected chi connectivity index (χ2v) is 3.80. The summed E-state index contributed by atoms with van der Waals surface area (Å²) in [6.07, 6.45) is 3.38. The molecule has 0 unspecified atom stereocenters. The van der Waals surface area contributed by atoms with Crippen molar-refractivity contribution in [1.82, 2.24) is 15.2 Å². The fourth-order valence-corrected chi connectivity index (χ4v) is 1.65. The quantitative estimate of drug-likeness (QED) is 0.779. The molecule has 5 heteroatoms. The third-order valence-corrected chi connectivity index (χ3v) is 2.76. The number of nitrogens with two attached hydrogens (primary N) is 1. The van der Waals surface area contributed by atoms with Crippen molar-refractivity contribution in [3.63, 3.8) is 0 Å². The standard InChI is InChI=1S/C10H10N4S/c1-15-8-4-2-7(3-5-8)9-10(11)12-6-13-14-9/h2-6H,1H3,(H2,11,12,13). The maximum atomic E-state index is 5.70.